The number of amides is 2. The lowest BCUT2D eigenvalue weighted by Crippen LogP contribution is -2.37. The fourth-order valence-electron chi connectivity index (χ4n) is 1.19. The third kappa shape index (κ3) is 10.3. The molecule has 0 unspecified atom stereocenters. The van der Waals surface area contributed by atoms with Crippen LogP contribution in [0.4, 0.5) is 4.79 Å². The number of carbonyl (C=O) groups is 1. The lowest BCUT2D eigenvalue weighted by molar-refractivity contribution is -0.144. The van der Waals surface area contributed by atoms with E-state index in [4.69, 9.17) is 14.3 Å². The minimum absolute atomic E-state index is 0.253. The highest BCUT2D eigenvalue weighted by atomic mass is 16.7. The van der Waals surface area contributed by atoms with Crippen LogP contribution in [0.3, 0.4) is 0 Å². The molecule has 0 aromatic heterocycles. The smallest absolute Gasteiger partial charge is 0.338 e. The molecule has 0 aliphatic carbocycles. The lowest BCUT2D eigenvalue weighted by atomic mass is 10.4. The van der Waals surface area contributed by atoms with E-state index in [2.05, 4.69) is 10.8 Å². The van der Waals surface area contributed by atoms with E-state index in [9.17, 15) is 4.79 Å². The van der Waals surface area contributed by atoms with Crippen LogP contribution in [0, 0.1) is 0 Å². The van der Waals surface area contributed by atoms with Gasteiger partial charge in [-0.1, -0.05) is 13.8 Å². The molecule has 108 valence electrons. The molecule has 0 fully saturated rings. The SMILES string of the molecule is CCCOC(CCNC(=O)NOCC)OCCC. The van der Waals surface area contributed by atoms with Gasteiger partial charge in [-0.2, -0.15) is 0 Å². The Morgan fingerprint density at radius 2 is 1.72 bits per heavy atom. The molecule has 0 heterocycles. The molecular weight excluding hydrogens is 236 g/mol. The summed E-state index contributed by atoms with van der Waals surface area (Å²) < 4.78 is 11.1. The Morgan fingerprint density at radius 1 is 1.11 bits per heavy atom. The molecule has 0 aliphatic rings. The molecule has 0 atom stereocenters. The highest BCUT2D eigenvalue weighted by Gasteiger charge is 2.09. The van der Waals surface area contributed by atoms with Crippen molar-refractivity contribution in [3.05, 3.63) is 0 Å². The minimum Gasteiger partial charge on any atom is -0.353 e. The largest absolute Gasteiger partial charge is 0.353 e. The van der Waals surface area contributed by atoms with Crippen molar-refractivity contribution >= 4 is 6.03 Å². The Morgan fingerprint density at radius 3 is 2.22 bits per heavy atom. The summed E-state index contributed by atoms with van der Waals surface area (Å²) in [6, 6.07) is -0.346. The first-order valence-electron chi connectivity index (χ1n) is 6.63. The number of nitrogens with one attached hydrogen (secondary N) is 2. The maximum atomic E-state index is 11.2. The zero-order valence-corrected chi connectivity index (χ0v) is 11.7. The van der Waals surface area contributed by atoms with Gasteiger partial charge in [0.25, 0.3) is 0 Å². The number of rotatable bonds is 11. The van der Waals surface area contributed by atoms with Crippen LogP contribution in [0.5, 0.6) is 0 Å². The maximum absolute atomic E-state index is 11.2. The van der Waals surface area contributed by atoms with Crippen molar-refractivity contribution < 1.29 is 19.1 Å². The number of urea groups is 1. The van der Waals surface area contributed by atoms with Gasteiger partial charge in [0, 0.05) is 26.2 Å². The van der Waals surface area contributed by atoms with Crippen LogP contribution in [0.25, 0.3) is 0 Å². The predicted octanol–water partition coefficient (Wildman–Crippen LogP) is 1.81. The van der Waals surface area contributed by atoms with E-state index >= 15 is 0 Å². The first-order valence-corrected chi connectivity index (χ1v) is 6.63. The van der Waals surface area contributed by atoms with E-state index in [0.717, 1.165) is 12.8 Å². The second-order valence-electron chi connectivity index (χ2n) is 3.75. The van der Waals surface area contributed by atoms with Gasteiger partial charge < -0.3 is 14.8 Å². The fourth-order valence-corrected chi connectivity index (χ4v) is 1.19. The summed E-state index contributed by atoms with van der Waals surface area (Å²) in [7, 11) is 0. The van der Waals surface area contributed by atoms with Gasteiger partial charge in [0.2, 0.25) is 0 Å². The van der Waals surface area contributed by atoms with Crippen molar-refractivity contribution in [2.45, 2.75) is 46.3 Å². The van der Waals surface area contributed by atoms with Crippen LogP contribution < -0.4 is 10.8 Å². The number of hydroxylamine groups is 1. The molecule has 0 aromatic rings. The molecule has 0 bridgehead atoms. The first-order chi connectivity index (χ1) is 8.74. The summed E-state index contributed by atoms with van der Waals surface area (Å²) in [4.78, 5) is 15.9. The van der Waals surface area contributed by atoms with Gasteiger partial charge in [-0.3, -0.25) is 4.84 Å². The zero-order valence-electron chi connectivity index (χ0n) is 11.7. The normalized spacial score (nSPS) is 10.7. The minimum atomic E-state index is -0.346. The molecule has 18 heavy (non-hydrogen) atoms. The highest BCUT2D eigenvalue weighted by Crippen LogP contribution is 2.02. The van der Waals surface area contributed by atoms with Crippen molar-refractivity contribution in [2.75, 3.05) is 26.4 Å². The zero-order chi connectivity index (χ0) is 13.6. The van der Waals surface area contributed by atoms with Crippen LogP contribution in [-0.4, -0.2) is 38.7 Å². The van der Waals surface area contributed by atoms with E-state index in [-0.39, 0.29) is 12.3 Å². The molecule has 6 heteroatoms. The monoisotopic (exact) mass is 262 g/mol. The molecule has 0 aliphatic heterocycles. The number of hydrogen-bond acceptors (Lipinski definition) is 4. The fraction of sp³-hybridized carbons (Fsp3) is 0.917. The maximum Gasteiger partial charge on any atom is 0.338 e. The van der Waals surface area contributed by atoms with Crippen LogP contribution in [-0.2, 0) is 14.3 Å². The highest BCUT2D eigenvalue weighted by molar-refractivity contribution is 5.72. The quantitative estimate of drug-likeness (QED) is 0.440. The summed E-state index contributed by atoms with van der Waals surface area (Å²) in [6.07, 6.45) is 2.27. The lowest BCUT2D eigenvalue weighted by Gasteiger charge is -2.18. The average Bonchev–Trinajstić information content (AvgIpc) is 2.38. The molecule has 6 nitrogen and oxygen atoms in total. The Labute approximate surface area is 109 Å². The summed E-state index contributed by atoms with van der Waals surface area (Å²) in [5.41, 5.74) is 2.26. The molecule has 0 radical (unpaired) electrons. The van der Waals surface area contributed by atoms with Crippen molar-refractivity contribution in [1.29, 1.82) is 0 Å². The van der Waals surface area contributed by atoms with E-state index in [1.807, 2.05) is 13.8 Å². The summed E-state index contributed by atoms with van der Waals surface area (Å²) >= 11 is 0. The van der Waals surface area contributed by atoms with Gasteiger partial charge in [-0.25, -0.2) is 10.3 Å². The van der Waals surface area contributed by atoms with E-state index in [1.165, 1.54) is 0 Å². The van der Waals surface area contributed by atoms with E-state index in [0.29, 0.717) is 32.8 Å². The second kappa shape index (κ2) is 12.6. The van der Waals surface area contributed by atoms with E-state index in [1.54, 1.807) is 6.92 Å². The average molecular weight is 262 g/mol. The summed E-state index contributed by atoms with van der Waals surface area (Å²) in [5, 5.41) is 2.67. The van der Waals surface area contributed by atoms with Crippen LogP contribution in [0.15, 0.2) is 0 Å². The van der Waals surface area contributed by atoms with Gasteiger partial charge >= 0.3 is 6.03 Å². The third-order valence-corrected chi connectivity index (χ3v) is 1.99. The van der Waals surface area contributed by atoms with Crippen molar-refractivity contribution in [3.8, 4) is 0 Å². The number of carbonyl (C=O) groups excluding carboxylic acids is 1. The second-order valence-corrected chi connectivity index (χ2v) is 3.75. The Hall–Kier alpha value is -0.850. The standard InChI is InChI=1S/C12H26N2O4/c1-4-9-16-11(17-10-5-2)7-8-13-12(15)14-18-6-3/h11H,4-10H2,1-3H3,(H2,13,14,15). The molecule has 2 amide bonds. The summed E-state index contributed by atoms with van der Waals surface area (Å²) in [5.74, 6) is 0. The van der Waals surface area contributed by atoms with Crippen LogP contribution in [0.2, 0.25) is 0 Å². The number of hydrogen-bond donors (Lipinski definition) is 2. The van der Waals surface area contributed by atoms with Gasteiger partial charge in [-0.15, -0.1) is 0 Å². The molecule has 0 saturated heterocycles. The predicted molar refractivity (Wildman–Crippen MR) is 69.1 cm³/mol. The van der Waals surface area contributed by atoms with Gasteiger partial charge in [0.05, 0.1) is 6.61 Å². The Bertz CT molecular complexity index is 195. The van der Waals surface area contributed by atoms with Gasteiger partial charge in [-0.05, 0) is 19.8 Å². The van der Waals surface area contributed by atoms with Crippen molar-refractivity contribution in [1.82, 2.24) is 10.8 Å². The first kappa shape index (κ1) is 17.2. The molecule has 0 aromatic carbocycles. The number of ether oxygens (including phenoxy) is 2. The molecular formula is C12H26N2O4. The van der Waals surface area contributed by atoms with Crippen LogP contribution in [0.1, 0.15) is 40.0 Å². The van der Waals surface area contributed by atoms with Gasteiger partial charge in [0.1, 0.15) is 0 Å². The van der Waals surface area contributed by atoms with Crippen molar-refractivity contribution in [2.24, 2.45) is 0 Å². The third-order valence-electron chi connectivity index (χ3n) is 1.99. The molecule has 0 spiro atoms. The van der Waals surface area contributed by atoms with Gasteiger partial charge in [0.15, 0.2) is 6.29 Å². The topological polar surface area (TPSA) is 68.8 Å². The molecule has 0 rings (SSSR count). The Kier molecular flexibility index (Phi) is 12.0. The molecule has 0 saturated carbocycles. The molecule has 2 N–H and O–H groups in total. The Balaban J connectivity index is 3.69. The summed E-state index contributed by atoms with van der Waals surface area (Å²) in [6.45, 7) is 8.15. The van der Waals surface area contributed by atoms with Crippen molar-refractivity contribution in [3.63, 3.8) is 0 Å². The van der Waals surface area contributed by atoms with E-state index < -0.39 is 0 Å². The van der Waals surface area contributed by atoms with Crippen LogP contribution >= 0.6 is 0 Å².